The highest BCUT2D eigenvalue weighted by molar-refractivity contribution is 6.03. The topological polar surface area (TPSA) is 77.5 Å². The predicted molar refractivity (Wildman–Crippen MR) is 144 cm³/mol. The van der Waals surface area contributed by atoms with Gasteiger partial charge in [0.2, 0.25) is 0 Å². The number of nitrogens with zero attached hydrogens (tertiary/aromatic N) is 3. The highest BCUT2D eigenvalue weighted by atomic mass is 15.0. The quantitative estimate of drug-likeness (QED) is 0.299. The van der Waals surface area contributed by atoms with Crippen molar-refractivity contribution in [3.8, 4) is 28.5 Å². The molecular weight excluding hydrogens is 430 g/mol. The van der Waals surface area contributed by atoms with Crippen LogP contribution in [-0.2, 0) is 6.54 Å². The summed E-state index contributed by atoms with van der Waals surface area (Å²) in [5.74, 6) is 0.725. The van der Waals surface area contributed by atoms with Crippen LogP contribution in [0.15, 0.2) is 54.9 Å². The van der Waals surface area contributed by atoms with Gasteiger partial charge in [-0.15, -0.1) is 0 Å². The summed E-state index contributed by atoms with van der Waals surface area (Å²) in [5, 5.41) is 21.6. The Balaban J connectivity index is 1.71. The lowest BCUT2D eigenvalue weighted by atomic mass is 9.89. The van der Waals surface area contributed by atoms with E-state index >= 15 is 0 Å². The molecule has 0 spiro atoms. The second-order valence-corrected chi connectivity index (χ2v) is 9.59. The Hall–Kier alpha value is -3.91. The molecule has 1 aliphatic rings. The van der Waals surface area contributed by atoms with E-state index in [1.54, 1.807) is 0 Å². The first kappa shape index (κ1) is 22.9. The summed E-state index contributed by atoms with van der Waals surface area (Å²) >= 11 is 0. The molecule has 0 bridgehead atoms. The molecule has 0 atom stereocenters. The van der Waals surface area contributed by atoms with Crippen LogP contribution in [0.5, 0.6) is 0 Å². The Bertz CT molecular complexity index is 1430. The third kappa shape index (κ3) is 4.33. The number of nitriles is 1. The molecular formula is C30H31N5. The van der Waals surface area contributed by atoms with E-state index in [0.29, 0.717) is 5.56 Å². The number of hydrogen-bond acceptors (Lipinski definition) is 4. The lowest BCUT2D eigenvalue weighted by Crippen LogP contribution is -2.13. The van der Waals surface area contributed by atoms with E-state index in [1.807, 2.05) is 43.6 Å². The molecule has 176 valence electrons. The van der Waals surface area contributed by atoms with Crippen LogP contribution in [0.1, 0.15) is 48.8 Å². The van der Waals surface area contributed by atoms with Gasteiger partial charge in [0.05, 0.1) is 29.0 Å². The second kappa shape index (κ2) is 9.76. The Labute approximate surface area is 207 Å². The zero-order valence-electron chi connectivity index (χ0n) is 20.4. The van der Waals surface area contributed by atoms with Crippen LogP contribution in [0, 0.1) is 29.6 Å². The Morgan fingerprint density at radius 1 is 1.14 bits per heavy atom. The van der Waals surface area contributed by atoms with Crippen molar-refractivity contribution in [3.05, 3.63) is 71.5 Å². The van der Waals surface area contributed by atoms with Crippen LogP contribution >= 0.6 is 0 Å². The molecule has 5 rings (SSSR count). The highest BCUT2D eigenvalue weighted by Crippen LogP contribution is 2.40. The lowest BCUT2D eigenvalue weighted by molar-refractivity contribution is 0.322. The summed E-state index contributed by atoms with van der Waals surface area (Å²) in [7, 11) is 1.87. The maximum absolute atomic E-state index is 9.40. The average molecular weight is 462 g/mol. The summed E-state index contributed by atoms with van der Waals surface area (Å²) in [5.41, 5.74) is 8.64. The van der Waals surface area contributed by atoms with Crippen molar-refractivity contribution >= 4 is 22.8 Å². The fraction of sp³-hybridized carbons (Fsp3) is 0.300. The largest absolute Gasteiger partial charge is 0.388 e. The van der Waals surface area contributed by atoms with Gasteiger partial charge in [-0.1, -0.05) is 31.4 Å². The fourth-order valence-corrected chi connectivity index (χ4v) is 5.53. The van der Waals surface area contributed by atoms with Gasteiger partial charge in [0.25, 0.3) is 0 Å². The number of anilines is 1. The van der Waals surface area contributed by atoms with Crippen LogP contribution in [0.3, 0.4) is 0 Å². The van der Waals surface area contributed by atoms with Gasteiger partial charge in [0.15, 0.2) is 0 Å². The van der Waals surface area contributed by atoms with E-state index in [-0.39, 0.29) is 0 Å². The molecule has 0 amide bonds. The van der Waals surface area contributed by atoms with E-state index in [0.717, 1.165) is 57.2 Å². The summed E-state index contributed by atoms with van der Waals surface area (Å²) < 4.78 is 2.37. The van der Waals surface area contributed by atoms with E-state index in [4.69, 9.17) is 10.4 Å². The molecule has 5 heteroatoms. The third-order valence-electron chi connectivity index (χ3n) is 7.38. The average Bonchev–Trinajstić information content (AvgIpc) is 3.31. The number of nitrogens with one attached hydrogen (secondary N) is 2. The maximum Gasteiger partial charge on any atom is 0.0991 e. The standard InChI is InChI=1S/C30H31N5/c1-20-14-22(16-31)8-10-25(20)29-26-12-13-35(19-21-6-4-3-5-7-21)28(26)18-34-30(29)23-9-11-27(33-2)24(15-23)17-32/h8-15,17-18,21,32-33H,3-7,19H2,1-2H3. The van der Waals surface area contributed by atoms with Crippen molar-refractivity contribution in [2.75, 3.05) is 12.4 Å². The number of pyridine rings is 1. The van der Waals surface area contributed by atoms with Gasteiger partial charge in [-0.2, -0.15) is 5.26 Å². The number of benzene rings is 2. The highest BCUT2D eigenvalue weighted by Gasteiger charge is 2.20. The van der Waals surface area contributed by atoms with Crippen molar-refractivity contribution in [3.63, 3.8) is 0 Å². The molecule has 1 saturated carbocycles. The molecule has 0 unspecified atom stereocenters. The van der Waals surface area contributed by atoms with Gasteiger partial charge < -0.3 is 15.3 Å². The summed E-state index contributed by atoms with van der Waals surface area (Å²) in [4.78, 5) is 5.01. The summed E-state index contributed by atoms with van der Waals surface area (Å²) in [6.45, 7) is 3.09. The molecule has 5 nitrogen and oxygen atoms in total. The first-order valence-corrected chi connectivity index (χ1v) is 12.4. The maximum atomic E-state index is 9.40. The van der Waals surface area contributed by atoms with Crippen LogP contribution in [-0.4, -0.2) is 22.8 Å². The Kier molecular flexibility index (Phi) is 6.37. The zero-order chi connectivity index (χ0) is 24.4. The van der Waals surface area contributed by atoms with Crippen LogP contribution in [0.4, 0.5) is 5.69 Å². The summed E-state index contributed by atoms with van der Waals surface area (Å²) in [6, 6.07) is 16.4. The van der Waals surface area contributed by atoms with Crippen molar-refractivity contribution < 1.29 is 0 Å². The van der Waals surface area contributed by atoms with Crippen molar-refractivity contribution in [2.24, 2.45) is 5.92 Å². The minimum absolute atomic E-state index is 0.660. The summed E-state index contributed by atoms with van der Waals surface area (Å²) in [6.07, 6.45) is 12.2. The number of fused-ring (bicyclic) bond motifs is 1. The Morgan fingerprint density at radius 2 is 1.97 bits per heavy atom. The van der Waals surface area contributed by atoms with Gasteiger partial charge in [-0.25, -0.2) is 0 Å². The molecule has 0 radical (unpaired) electrons. The SMILES string of the molecule is CNc1ccc(-c2ncc3c(ccn3CC3CCCCC3)c2-c2ccc(C#N)cc2C)cc1C=N. The van der Waals surface area contributed by atoms with E-state index in [1.165, 1.54) is 43.7 Å². The van der Waals surface area contributed by atoms with Gasteiger partial charge in [-0.3, -0.25) is 4.98 Å². The molecule has 4 aromatic rings. The van der Waals surface area contributed by atoms with Gasteiger partial charge in [0.1, 0.15) is 0 Å². The lowest BCUT2D eigenvalue weighted by Gasteiger charge is -2.22. The molecule has 2 aromatic carbocycles. The predicted octanol–water partition coefficient (Wildman–Crippen LogP) is 7.17. The van der Waals surface area contributed by atoms with Crippen molar-refractivity contribution in [1.29, 1.82) is 10.7 Å². The normalized spacial score (nSPS) is 14.1. The van der Waals surface area contributed by atoms with Gasteiger partial charge in [0, 0.05) is 53.8 Å². The first-order chi connectivity index (χ1) is 17.1. The molecule has 2 aromatic heterocycles. The van der Waals surface area contributed by atoms with E-state index in [9.17, 15) is 5.26 Å². The number of hydrogen-bond donors (Lipinski definition) is 2. The third-order valence-corrected chi connectivity index (χ3v) is 7.38. The molecule has 35 heavy (non-hydrogen) atoms. The van der Waals surface area contributed by atoms with E-state index in [2.05, 4.69) is 41.2 Å². The minimum Gasteiger partial charge on any atom is -0.388 e. The molecule has 0 saturated heterocycles. The van der Waals surface area contributed by atoms with Crippen LogP contribution in [0.25, 0.3) is 33.3 Å². The van der Waals surface area contributed by atoms with Gasteiger partial charge >= 0.3 is 0 Å². The van der Waals surface area contributed by atoms with Crippen LogP contribution < -0.4 is 5.32 Å². The number of rotatable bonds is 6. The number of aromatic nitrogens is 2. The molecule has 1 aliphatic carbocycles. The second-order valence-electron chi connectivity index (χ2n) is 9.59. The zero-order valence-corrected chi connectivity index (χ0v) is 20.4. The Morgan fingerprint density at radius 3 is 2.69 bits per heavy atom. The molecule has 1 fully saturated rings. The van der Waals surface area contributed by atoms with Crippen LogP contribution in [0.2, 0.25) is 0 Å². The fourth-order valence-electron chi connectivity index (χ4n) is 5.53. The smallest absolute Gasteiger partial charge is 0.0991 e. The first-order valence-electron chi connectivity index (χ1n) is 12.4. The van der Waals surface area contributed by atoms with E-state index < -0.39 is 0 Å². The molecule has 2 N–H and O–H groups in total. The minimum atomic E-state index is 0.660. The number of aryl methyl sites for hydroxylation is 1. The van der Waals surface area contributed by atoms with Gasteiger partial charge in [-0.05, 0) is 67.1 Å². The van der Waals surface area contributed by atoms with Crippen molar-refractivity contribution in [2.45, 2.75) is 45.6 Å². The van der Waals surface area contributed by atoms with Crippen molar-refractivity contribution in [1.82, 2.24) is 9.55 Å². The molecule has 0 aliphatic heterocycles. The monoisotopic (exact) mass is 461 g/mol. The molecule has 2 heterocycles.